The molecule has 1 aliphatic heterocycles. The van der Waals surface area contributed by atoms with Crippen molar-refractivity contribution < 1.29 is 4.74 Å². The average molecular weight is 305 g/mol. The fourth-order valence-corrected chi connectivity index (χ4v) is 3.84. The molecule has 6 heteroatoms. The van der Waals surface area contributed by atoms with Crippen LogP contribution in [0.5, 0.6) is 0 Å². The molecule has 1 saturated carbocycles. The standard InChI is InChI=1S/C15H17ClN4O/c1-21-12-2-4-15(5-3-12)9-17-8-11-6-10-7-18-14(16)19-13(10)20(11)15/h6-8,12H,2-5,9H2,1H3/t12-,15+. The highest BCUT2D eigenvalue weighted by Crippen LogP contribution is 2.41. The number of fused-ring (bicyclic) bond motifs is 4. The van der Waals surface area contributed by atoms with E-state index in [0.717, 1.165) is 49.0 Å². The minimum absolute atomic E-state index is 0.0124. The summed E-state index contributed by atoms with van der Waals surface area (Å²) in [6.45, 7) is 0.807. The van der Waals surface area contributed by atoms with Gasteiger partial charge in [-0.3, -0.25) is 4.99 Å². The maximum Gasteiger partial charge on any atom is 0.224 e. The first-order valence-corrected chi connectivity index (χ1v) is 7.67. The third-order valence-electron chi connectivity index (χ3n) is 4.82. The lowest BCUT2D eigenvalue weighted by Gasteiger charge is -2.42. The summed E-state index contributed by atoms with van der Waals surface area (Å²) in [6, 6.07) is 2.10. The summed E-state index contributed by atoms with van der Waals surface area (Å²) in [6.07, 6.45) is 8.32. The average Bonchev–Trinajstić information content (AvgIpc) is 2.87. The highest BCUT2D eigenvalue weighted by Gasteiger charge is 2.40. The van der Waals surface area contributed by atoms with Crippen LogP contribution >= 0.6 is 11.6 Å². The second-order valence-electron chi connectivity index (χ2n) is 5.95. The first kappa shape index (κ1) is 13.2. The number of aromatic nitrogens is 3. The number of nitrogens with zero attached hydrogens (tertiary/aromatic N) is 4. The van der Waals surface area contributed by atoms with Crippen molar-refractivity contribution in [2.24, 2.45) is 4.99 Å². The van der Waals surface area contributed by atoms with Crippen LogP contribution in [-0.2, 0) is 10.3 Å². The van der Waals surface area contributed by atoms with Crippen LogP contribution < -0.4 is 0 Å². The van der Waals surface area contributed by atoms with Crippen LogP contribution in [0.2, 0.25) is 5.28 Å². The van der Waals surface area contributed by atoms with Gasteiger partial charge in [0.1, 0.15) is 5.65 Å². The Hall–Kier alpha value is -1.46. The lowest BCUT2D eigenvalue weighted by atomic mass is 9.79. The van der Waals surface area contributed by atoms with E-state index in [2.05, 4.69) is 25.6 Å². The van der Waals surface area contributed by atoms with Gasteiger partial charge in [-0.15, -0.1) is 0 Å². The van der Waals surface area contributed by atoms with Crippen molar-refractivity contribution in [3.63, 3.8) is 0 Å². The van der Waals surface area contributed by atoms with Crippen LogP contribution in [0.25, 0.3) is 11.0 Å². The Kier molecular flexibility index (Phi) is 3.01. The van der Waals surface area contributed by atoms with E-state index >= 15 is 0 Å². The molecule has 1 fully saturated rings. The molecule has 1 spiro atoms. The van der Waals surface area contributed by atoms with Crippen LogP contribution in [0, 0.1) is 0 Å². The highest BCUT2D eigenvalue weighted by molar-refractivity contribution is 6.28. The van der Waals surface area contributed by atoms with Gasteiger partial charge in [0.05, 0.1) is 23.9 Å². The number of hydrogen-bond donors (Lipinski definition) is 0. The van der Waals surface area contributed by atoms with E-state index in [9.17, 15) is 0 Å². The van der Waals surface area contributed by atoms with E-state index in [1.807, 2.05) is 6.21 Å². The summed E-state index contributed by atoms with van der Waals surface area (Å²) in [5.41, 5.74) is 2.04. The van der Waals surface area contributed by atoms with Crippen molar-refractivity contribution in [3.05, 3.63) is 23.2 Å². The molecule has 0 saturated heterocycles. The molecule has 110 valence electrons. The summed E-state index contributed by atoms with van der Waals surface area (Å²) >= 11 is 6.00. The predicted octanol–water partition coefficient (Wildman–Crippen LogP) is 2.80. The third-order valence-corrected chi connectivity index (χ3v) is 5.00. The van der Waals surface area contributed by atoms with Gasteiger partial charge in [-0.2, -0.15) is 4.98 Å². The zero-order valence-electron chi connectivity index (χ0n) is 11.9. The zero-order chi connectivity index (χ0) is 14.4. The number of halogens is 1. The molecule has 2 aromatic rings. The van der Waals surface area contributed by atoms with E-state index in [-0.39, 0.29) is 5.54 Å². The van der Waals surface area contributed by atoms with Gasteiger partial charge in [0.2, 0.25) is 5.28 Å². The molecule has 0 amide bonds. The van der Waals surface area contributed by atoms with Gasteiger partial charge in [0.25, 0.3) is 0 Å². The Bertz CT molecular complexity index is 716. The molecular weight excluding hydrogens is 288 g/mol. The van der Waals surface area contributed by atoms with Gasteiger partial charge in [0.15, 0.2) is 0 Å². The normalized spacial score (nSPS) is 28.2. The van der Waals surface area contributed by atoms with Gasteiger partial charge < -0.3 is 9.30 Å². The fraction of sp³-hybridized carbons (Fsp3) is 0.533. The summed E-state index contributed by atoms with van der Waals surface area (Å²) < 4.78 is 7.83. The number of rotatable bonds is 1. The Morgan fingerprint density at radius 1 is 1.38 bits per heavy atom. The van der Waals surface area contributed by atoms with E-state index in [4.69, 9.17) is 16.3 Å². The number of methoxy groups -OCH3 is 1. The van der Waals surface area contributed by atoms with Crippen molar-refractivity contribution in [3.8, 4) is 0 Å². The van der Waals surface area contributed by atoms with Crippen molar-refractivity contribution in [2.75, 3.05) is 13.7 Å². The molecular formula is C15H17ClN4O. The zero-order valence-corrected chi connectivity index (χ0v) is 12.7. The molecule has 4 rings (SSSR count). The number of aliphatic imine (C=N–C) groups is 1. The second kappa shape index (κ2) is 4.78. The van der Waals surface area contributed by atoms with Gasteiger partial charge >= 0.3 is 0 Å². The molecule has 0 radical (unpaired) electrons. The molecule has 5 nitrogen and oxygen atoms in total. The van der Waals surface area contributed by atoms with Crippen molar-refractivity contribution in [1.82, 2.24) is 14.5 Å². The van der Waals surface area contributed by atoms with Gasteiger partial charge in [0, 0.05) is 24.9 Å². The maximum absolute atomic E-state index is 6.00. The molecule has 0 bridgehead atoms. The van der Waals surface area contributed by atoms with Gasteiger partial charge in [-0.25, -0.2) is 4.98 Å². The Balaban J connectivity index is 1.85. The Morgan fingerprint density at radius 2 is 2.19 bits per heavy atom. The summed E-state index contributed by atoms with van der Waals surface area (Å²) in [5, 5.41) is 1.32. The van der Waals surface area contributed by atoms with Crippen molar-refractivity contribution in [1.29, 1.82) is 0 Å². The van der Waals surface area contributed by atoms with Crippen LogP contribution in [0.3, 0.4) is 0 Å². The highest BCUT2D eigenvalue weighted by atomic mass is 35.5. The van der Waals surface area contributed by atoms with Crippen LogP contribution in [0.4, 0.5) is 0 Å². The van der Waals surface area contributed by atoms with E-state index in [0.29, 0.717) is 11.4 Å². The quantitative estimate of drug-likeness (QED) is 0.761. The lowest BCUT2D eigenvalue weighted by Crippen LogP contribution is -2.44. The third kappa shape index (κ3) is 1.99. The molecule has 1 aliphatic carbocycles. The molecule has 2 aliphatic rings. The number of hydrogen-bond acceptors (Lipinski definition) is 4. The monoisotopic (exact) mass is 304 g/mol. The van der Waals surface area contributed by atoms with Crippen LogP contribution in [0.15, 0.2) is 17.3 Å². The maximum atomic E-state index is 6.00. The van der Waals surface area contributed by atoms with Crippen LogP contribution in [-0.4, -0.2) is 40.5 Å². The first-order chi connectivity index (χ1) is 10.2. The van der Waals surface area contributed by atoms with Crippen LogP contribution in [0.1, 0.15) is 31.4 Å². The van der Waals surface area contributed by atoms with Crippen molar-refractivity contribution in [2.45, 2.75) is 37.3 Å². The molecule has 0 N–H and O–H groups in total. The Labute approximate surface area is 128 Å². The molecule has 21 heavy (non-hydrogen) atoms. The summed E-state index contributed by atoms with van der Waals surface area (Å²) in [4.78, 5) is 13.1. The SMILES string of the molecule is CO[C@H]1CC[C@@]2(CC1)CN=Cc1cc3cnc(Cl)nc3n12. The molecule has 0 aromatic carbocycles. The van der Waals surface area contributed by atoms with Gasteiger partial charge in [-0.1, -0.05) is 0 Å². The number of ether oxygens (including phenoxy) is 1. The smallest absolute Gasteiger partial charge is 0.224 e. The molecule has 0 atom stereocenters. The lowest BCUT2D eigenvalue weighted by molar-refractivity contribution is 0.0335. The minimum Gasteiger partial charge on any atom is -0.381 e. The molecule has 2 aromatic heterocycles. The van der Waals surface area contributed by atoms with Crippen molar-refractivity contribution >= 4 is 28.8 Å². The largest absolute Gasteiger partial charge is 0.381 e. The van der Waals surface area contributed by atoms with E-state index in [1.165, 1.54) is 0 Å². The Morgan fingerprint density at radius 3 is 2.95 bits per heavy atom. The second-order valence-corrected chi connectivity index (χ2v) is 6.29. The van der Waals surface area contributed by atoms with Gasteiger partial charge in [-0.05, 0) is 43.4 Å². The molecule has 0 unspecified atom stereocenters. The summed E-state index contributed by atoms with van der Waals surface area (Å²) in [7, 11) is 1.80. The van der Waals surface area contributed by atoms with E-state index in [1.54, 1.807) is 13.3 Å². The topological polar surface area (TPSA) is 52.3 Å². The molecule has 3 heterocycles. The first-order valence-electron chi connectivity index (χ1n) is 7.29. The van der Waals surface area contributed by atoms with E-state index < -0.39 is 0 Å². The minimum atomic E-state index is 0.0124. The fourth-order valence-electron chi connectivity index (χ4n) is 3.71. The predicted molar refractivity (Wildman–Crippen MR) is 82.2 cm³/mol. The summed E-state index contributed by atoms with van der Waals surface area (Å²) in [5.74, 6) is 0.